The van der Waals surface area contributed by atoms with Crippen molar-refractivity contribution < 1.29 is 8.78 Å². The summed E-state index contributed by atoms with van der Waals surface area (Å²) in [5.41, 5.74) is -0.171. The van der Waals surface area contributed by atoms with Gasteiger partial charge in [0.05, 0.1) is 10.9 Å². The predicted octanol–water partition coefficient (Wildman–Crippen LogP) is 3.42. The van der Waals surface area contributed by atoms with Crippen molar-refractivity contribution in [2.24, 2.45) is 7.05 Å². The number of nitrogens with zero attached hydrogens (tertiary/aromatic N) is 3. The van der Waals surface area contributed by atoms with Crippen LogP contribution < -0.4 is 0 Å². The van der Waals surface area contributed by atoms with Gasteiger partial charge in [-0.05, 0) is 12.1 Å². The second-order valence-corrected chi connectivity index (χ2v) is 4.85. The van der Waals surface area contributed by atoms with E-state index in [1.165, 1.54) is 12.1 Å². The molecular formula is C10H7Br2F2N3. The molecule has 90 valence electrons. The first kappa shape index (κ1) is 12.6. The Morgan fingerprint density at radius 1 is 1.24 bits per heavy atom. The summed E-state index contributed by atoms with van der Waals surface area (Å²) < 4.78 is 29.3. The van der Waals surface area contributed by atoms with E-state index in [0.29, 0.717) is 15.6 Å². The van der Waals surface area contributed by atoms with Gasteiger partial charge in [0, 0.05) is 11.5 Å². The van der Waals surface area contributed by atoms with Gasteiger partial charge >= 0.3 is 0 Å². The Labute approximate surface area is 113 Å². The van der Waals surface area contributed by atoms with Crippen molar-refractivity contribution in [3.63, 3.8) is 0 Å². The van der Waals surface area contributed by atoms with Gasteiger partial charge in [-0.25, -0.2) is 8.78 Å². The van der Waals surface area contributed by atoms with Gasteiger partial charge in [-0.2, -0.15) is 0 Å². The lowest BCUT2D eigenvalue weighted by Gasteiger charge is -2.05. The van der Waals surface area contributed by atoms with Crippen LogP contribution in [-0.2, 0) is 12.4 Å². The molecule has 0 saturated heterocycles. The molecule has 0 unspecified atom stereocenters. The smallest absolute Gasteiger partial charge is 0.169 e. The first-order valence-electron chi connectivity index (χ1n) is 4.63. The minimum atomic E-state index is -0.673. The zero-order valence-electron chi connectivity index (χ0n) is 8.72. The number of rotatable bonds is 2. The lowest BCUT2D eigenvalue weighted by molar-refractivity contribution is 0.584. The van der Waals surface area contributed by atoms with E-state index in [9.17, 15) is 8.78 Å². The fourth-order valence-electron chi connectivity index (χ4n) is 1.45. The Bertz CT molecular complexity index is 546. The van der Waals surface area contributed by atoms with Crippen molar-refractivity contribution in [3.8, 4) is 11.4 Å². The van der Waals surface area contributed by atoms with Crippen LogP contribution in [0.4, 0.5) is 8.78 Å². The van der Waals surface area contributed by atoms with Gasteiger partial charge in [-0.1, -0.05) is 31.9 Å². The minimum Gasteiger partial charge on any atom is -0.313 e. The summed E-state index contributed by atoms with van der Waals surface area (Å²) in [5.74, 6) is -0.578. The largest absolute Gasteiger partial charge is 0.313 e. The number of alkyl halides is 1. The van der Waals surface area contributed by atoms with E-state index in [2.05, 4.69) is 42.1 Å². The highest BCUT2D eigenvalue weighted by molar-refractivity contribution is 9.10. The Balaban J connectivity index is 2.64. The van der Waals surface area contributed by atoms with E-state index in [1.807, 2.05) is 0 Å². The van der Waals surface area contributed by atoms with E-state index in [1.54, 1.807) is 11.6 Å². The van der Waals surface area contributed by atoms with E-state index in [4.69, 9.17) is 0 Å². The van der Waals surface area contributed by atoms with Gasteiger partial charge < -0.3 is 4.57 Å². The fraction of sp³-hybridized carbons (Fsp3) is 0.200. The van der Waals surface area contributed by atoms with E-state index >= 15 is 0 Å². The number of hydrogen-bond donors (Lipinski definition) is 0. The predicted molar refractivity (Wildman–Crippen MR) is 66.7 cm³/mol. The molecule has 3 nitrogen and oxygen atoms in total. The highest BCUT2D eigenvalue weighted by Gasteiger charge is 2.19. The molecular weight excluding hydrogens is 360 g/mol. The lowest BCUT2D eigenvalue weighted by Crippen LogP contribution is -2.00. The molecule has 0 saturated carbocycles. The topological polar surface area (TPSA) is 30.7 Å². The van der Waals surface area contributed by atoms with Gasteiger partial charge in [0.1, 0.15) is 17.5 Å². The van der Waals surface area contributed by atoms with Crippen molar-refractivity contribution in [1.29, 1.82) is 0 Å². The second kappa shape index (κ2) is 4.81. The SMILES string of the molecule is Cn1c(CBr)nnc1-c1c(F)cc(Br)cc1F. The summed E-state index contributed by atoms with van der Waals surface area (Å²) in [7, 11) is 1.66. The Kier molecular flexibility index (Phi) is 3.58. The standard InChI is InChI=1S/C10H7Br2F2N3/c1-17-8(4-11)15-16-10(17)9-6(13)2-5(12)3-7(9)14/h2-3H,4H2,1H3. The molecule has 0 aliphatic heterocycles. The molecule has 7 heteroatoms. The second-order valence-electron chi connectivity index (χ2n) is 3.38. The zero-order chi connectivity index (χ0) is 12.6. The van der Waals surface area contributed by atoms with E-state index in [0.717, 1.165) is 0 Å². The van der Waals surface area contributed by atoms with Crippen LogP contribution in [-0.4, -0.2) is 14.8 Å². The van der Waals surface area contributed by atoms with Crippen LogP contribution >= 0.6 is 31.9 Å². The summed E-state index contributed by atoms with van der Waals surface area (Å²) in [4.78, 5) is 0. The van der Waals surface area contributed by atoms with Crippen molar-refractivity contribution in [2.75, 3.05) is 0 Å². The van der Waals surface area contributed by atoms with Gasteiger partial charge in [0.25, 0.3) is 0 Å². The number of aromatic nitrogens is 3. The first-order chi connectivity index (χ1) is 8.04. The molecule has 1 heterocycles. The van der Waals surface area contributed by atoms with Crippen LogP contribution in [0.15, 0.2) is 16.6 Å². The maximum Gasteiger partial charge on any atom is 0.169 e. The highest BCUT2D eigenvalue weighted by Crippen LogP contribution is 2.27. The molecule has 0 radical (unpaired) electrons. The lowest BCUT2D eigenvalue weighted by atomic mass is 10.2. The normalized spacial score (nSPS) is 10.9. The van der Waals surface area contributed by atoms with Crippen molar-refractivity contribution in [2.45, 2.75) is 5.33 Å². The Morgan fingerprint density at radius 2 is 1.82 bits per heavy atom. The molecule has 2 rings (SSSR count). The molecule has 0 aliphatic carbocycles. The van der Waals surface area contributed by atoms with Gasteiger partial charge in [-0.3, -0.25) is 0 Å². The van der Waals surface area contributed by atoms with Gasteiger partial charge in [0.2, 0.25) is 0 Å². The van der Waals surface area contributed by atoms with Crippen molar-refractivity contribution in [1.82, 2.24) is 14.8 Å². The average molecular weight is 367 g/mol. The molecule has 0 aliphatic rings. The fourth-order valence-corrected chi connectivity index (χ4v) is 2.34. The van der Waals surface area contributed by atoms with Crippen LogP contribution in [0.5, 0.6) is 0 Å². The molecule has 0 fully saturated rings. The number of halogens is 4. The Hall–Kier alpha value is -0.820. The van der Waals surface area contributed by atoms with Crippen LogP contribution in [0.2, 0.25) is 0 Å². The summed E-state index contributed by atoms with van der Waals surface area (Å²) in [6, 6.07) is 2.39. The quantitative estimate of drug-likeness (QED) is 0.762. The van der Waals surface area contributed by atoms with Crippen LogP contribution in [0.25, 0.3) is 11.4 Å². The molecule has 0 bridgehead atoms. The molecule has 2 aromatic rings. The third-order valence-corrected chi connectivity index (χ3v) is 3.27. The first-order valence-corrected chi connectivity index (χ1v) is 6.55. The van der Waals surface area contributed by atoms with E-state index in [-0.39, 0.29) is 11.4 Å². The molecule has 0 spiro atoms. The molecule has 1 aromatic heterocycles. The highest BCUT2D eigenvalue weighted by atomic mass is 79.9. The third-order valence-electron chi connectivity index (χ3n) is 2.32. The number of benzene rings is 1. The van der Waals surface area contributed by atoms with Gasteiger partial charge in [0.15, 0.2) is 5.82 Å². The molecule has 17 heavy (non-hydrogen) atoms. The minimum absolute atomic E-state index is 0.168. The molecule has 0 atom stereocenters. The van der Waals surface area contributed by atoms with Crippen LogP contribution in [0.3, 0.4) is 0 Å². The van der Waals surface area contributed by atoms with E-state index < -0.39 is 11.6 Å². The molecule has 0 N–H and O–H groups in total. The molecule has 1 aromatic carbocycles. The Morgan fingerprint density at radius 3 is 2.29 bits per heavy atom. The third kappa shape index (κ3) is 2.26. The maximum absolute atomic E-state index is 13.7. The maximum atomic E-state index is 13.7. The summed E-state index contributed by atoms with van der Waals surface area (Å²) in [5, 5.41) is 8.10. The molecule has 0 amide bonds. The summed E-state index contributed by atoms with van der Waals surface area (Å²) >= 11 is 6.25. The zero-order valence-corrected chi connectivity index (χ0v) is 11.9. The average Bonchev–Trinajstić information content (AvgIpc) is 2.59. The van der Waals surface area contributed by atoms with Crippen LogP contribution in [0, 0.1) is 11.6 Å². The van der Waals surface area contributed by atoms with Crippen molar-refractivity contribution >= 4 is 31.9 Å². The van der Waals surface area contributed by atoms with Crippen LogP contribution in [0.1, 0.15) is 5.82 Å². The summed E-state index contributed by atoms with van der Waals surface area (Å²) in [6.07, 6.45) is 0. The summed E-state index contributed by atoms with van der Waals surface area (Å²) in [6.45, 7) is 0. The van der Waals surface area contributed by atoms with Crippen molar-refractivity contribution in [3.05, 3.63) is 34.1 Å². The monoisotopic (exact) mass is 365 g/mol. The van der Waals surface area contributed by atoms with Gasteiger partial charge in [-0.15, -0.1) is 10.2 Å². The number of hydrogen-bond acceptors (Lipinski definition) is 2.